The van der Waals surface area contributed by atoms with E-state index in [0.717, 1.165) is 25.8 Å². The summed E-state index contributed by atoms with van der Waals surface area (Å²) < 4.78 is 37.3. The van der Waals surface area contributed by atoms with Gasteiger partial charge >= 0.3 is 0 Å². The molecule has 0 bridgehead atoms. The van der Waals surface area contributed by atoms with Gasteiger partial charge in [-0.25, -0.2) is 4.39 Å². The molecule has 1 fully saturated rings. The summed E-state index contributed by atoms with van der Waals surface area (Å²) in [4.78, 5) is 0. The number of rotatable bonds is 3. The van der Waals surface area contributed by atoms with Crippen molar-refractivity contribution in [1.29, 1.82) is 0 Å². The summed E-state index contributed by atoms with van der Waals surface area (Å²) in [5, 5.41) is 3.28. The van der Waals surface area contributed by atoms with Crippen molar-refractivity contribution in [2.45, 2.75) is 25.3 Å². The van der Waals surface area contributed by atoms with Crippen LogP contribution in [-0.2, 0) is 0 Å². The van der Waals surface area contributed by atoms with E-state index in [4.69, 9.17) is 9.47 Å². The molecule has 1 N–H and O–H groups in total. The van der Waals surface area contributed by atoms with Crippen molar-refractivity contribution < 1.29 is 18.3 Å². The van der Waals surface area contributed by atoms with Gasteiger partial charge in [-0.3, -0.25) is 0 Å². The van der Waals surface area contributed by atoms with Crippen molar-refractivity contribution in [3.05, 3.63) is 23.3 Å². The van der Waals surface area contributed by atoms with E-state index in [1.807, 2.05) is 0 Å². The lowest BCUT2D eigenvalue weighted by Crippen LogP contribution is -2.27. The summed E-state index contributed by atoms with van der Waals surface area (Å²) in [6.45, 7) is 0.870. The summed E-state index contributed by atoms with van der Waals surface area (Å²) in [6, 6.07) is 1.18. The summed E-state index contributed by atoms with van der Waals surface area (Å²) in [7, 11) is 2.74. The predicted molar refractivity (Wildman–Crippen MR) is 64.1 cm³/mol. The van der Waals surface area contributed by atoms with Gasteiger partial charge in [0.2, 0.25) is 5.82 Å². The van der Waals surface area contributed by atoms with Crippen LogP contribution in [0.1, 0.15) is 30.9 Å². The van der Waals surface area contributed by atoms with E-state index in [1.165, 1.54) is 20.3 Å². The number of piperidine rings is 1. The van der Waals surface area contributed by atoms with E-state index < -0.39 is 11.6 Å². The standard InChI is InChI=1S/C13H17F2NO2/c1-17-12-8(10-5-3-4-6-16-10)7-9(14)11(15)13(12)18-2/h7,10,16H,3-6H2,1-2H3. The van der Waals surface area contributed by atoms with E-state index in [-0.39, 0.29) is 17.5 Å². The second-order valence-electron chi connectivity index (χ2n) is 4.33. The lowest BCUT2D eigenvalue weighted by molar-refractivity contribution is 0.315. The molecule has 1 heterocycles. The van der Waals surface area contributed by atoms with Crippen LogP contribution in [0.5, 0.6) is 11.5 Å². The number of methoxy groups -OCH3 is 2. The third-order valence-electron chi connectivity index (χ3n) is 3.25. The van der Waals surface area contributed by atoms with Crippen LogP contribution in [0, 0.1) is 11.6 Å². The first-order chi connectivity index (χ1) is 8.69. The van der Waals surface area contributed by atoms with Gasteiger partial charge in [0.15, 0.2) is 17.3 Å². The van der Waals surface area contributed by atoms with E-state index in [2.05, 4.69) is 5.32 Å². The molecule has 0 radical (unpaired) electrons. The molecule has 5 heteroatoms. The predicted octanol–water partition coefficient (Wildman–Crippen LogP) is 2.80. The van der Waals surface area contributed by atoms with E-state index in [1.54, 1.807) is 0 Å². The van der Waals surface area contributed by atoms with Crippen molar-refractivity contribution in [3.63, 3.8) is 0 Å². The summed E-state index contributed by atoms with van der Waals surface area (Å²) in [5.41, 5.74) is 0.618. The number of hydrogen-bond donors (Lipinski definition) is 1. The monoisotopic (exact) mass is 257 g/mol. The van der Waals surface area contributed by atoms with Crippen LogP contribution in [-0.4, -0.2) is 20.8 Å². The summed E-state index contributed by atoms with van der Waals surface area (Å²) >= 11 is 0. The van der Waals surface area contributed by atoms with Crippen molar-refractivity contribution >= 4 is 0 Å². The molecule has 3 nitrogen and oxygen atoms in total. The largest absolute Gasteiger partial charge is 0.492 e. The molecule has 0 amide bonds. The summed E-state index contributed by atoms with van der Waals surface area (Å²) in [5.74, 6) is -1.81. The highest BCUT2D eigenvalue weighted by atomic mass is 19.2. The number of nitrogens with one attached hydrogen (secondary N) is 1. The van der Waals surface area contributed by atoms with Gasteiger partial charge in [-0.05, 0) is 25.5 Å². The molecule has 18 heavy (non-hydrogen) atoms. The fraction of sp³-hybridized carbons (Fsp3) is 0.538. The Kier molecular flexibility index (Phi) is 4.01. The van der Waals surface area contributed by atoms with Crippen molar-refractivity contribution in [3.8, 4) is 11.5 Å². The molecule has 1 aromatic rings. The average Bonchev–Trinajstić information content (AvgIpc) is 2.42. The molecular weight excluding hydrogens is 240 g/mol. The van der Waals surface area contributed by atoms with Gasteiger partial charge in [-0.2, -0.15) is 4.39 Å². The molecule has 1 aliphatic rings. The lowest BCUT2D eigenvalue weighted by atomic mass is 9.96. The number of benzene rings is 1. The third-order valence-corrected chi connectivity index (χ3v) is 3.25. The molecule has 0 spiro atoms. The fourth-order valence-electron chi connectivity index (χ4n) is 2.37. The van der Waals surface area contributed by atoms with Gasteiger partial charge in [0.05, 0.1) is 14.2 Å². The number of ether oxygens (including phenoxy) is 2. The minimum atomic E-state index is -1.01. The fourth-order valence-corrected chi connectivity index (χ4v) is 2.37. The van der Waals surface area contributed by atoms with Gasteiger partial charge in [-0.1, -0.05) is 6.42 Å². The van der Waals surface area contributed by atoms with Crippen LogP contribution in [0.15, 0.2) is 6.07 Å². The smallest absolute Gasteiger partial charge is 0.204 e. The van der Waals surface area contributed by atoms with Gasteiger partial charge in [0.1, 0.15) is 0 Å². The minimum Gasteiger partial charge on any atom is -0.492 e. The van der Waals surface area contributed by atoms with Crippen LogP contribution >= 0.6 is 0 Å². The molecular formula is C13H17F2NO2. The molecule has 1 aliphatic heterocycles. The molecule has 1 saturated heterocycles. The zero-order valence-electron chi connectivity index (χ0n) is 10.6. The van der Waals surface area contributed by atoms with Gasteiger partial charge < -0.3 is 14.8 Å². The van der Waals surface area contributed by atoms with Gasteiger partial charge in [-0.15, -0.1) is 0 Å². The average molecular weight is 257 g/mol. The highest BCUT2D eigenvalue weighted by Crippen LogP contribution is 2.40. The van der Waals surface area contributed by atoms with E-state index in [9.17, 15) is 8.78 Å². The molecule has 0 aromatic heterocycles. The van der Waals surface area contributed by atoms with Crippen LogP contribution < -0.4 is 14.8 Å². The van der Waals surface area contributed by atoms with Crippen molar-refractivity contribution in [1.82, 2.24) is 5.32 Å². The van der Waals surface area contributed by atoms with Crippen LogP contribution in [0.25, 0.3) is 0 Å². The van der Waals surface area contributed by atoms with Crippen molar-refractivity contribution in [2.24, 2.45) is 0 Å². The highest BCUT2D eigenvalue weighted by molar-refractivity contribution is 5.49. The van der Waals surface area contributed by atoms with Crippen LogP contribution in [0.4, 0.5) is 8.78 Å². The Morgan fingerprint density at radius 3 is 2.44 bits per heavy atom. The molecule has 0 aliphatic carbocycles. The van der Waals surface area contributed by atoms with Crippen LogP contribution in [0.2, 0.25) is 0 Å². The molecule has 2 rings (SSSR count). The Balaban J connectivity index is 2.47. The Hall–Kier alpha value is -1.36. The molecule has 1 aromatic carbocycles. The Bertz CT molecular complexity index is 431. The highest BCUT2D eigenvalue weighted by Gasteiger charge is 2.26. The zero-order valence-corrected chi connectivity index (χ0v) is 10.6. The Labute approximate surface area is 105 Å². The van der Waals surface area contributed by atoms with E-state index in [0.29, 0.717) is 5.56 Å². The maximum Gasteiger partial charge on any atom is 0.204 e. The van der Waals surface area contributed by atoms with Crippen LogP contribution in [0.3, 0.4) is 0 Å². The SMILES string of the molecule is COc1c(C2CCCCN2)cc(F)c(F)c1OC. The lowest BCUT2D eigenvalue weighted by Gasteiger charge is -2.26. The van der Waals surface area contributed by atoms with Crippen molar-refractivity contribution in [2.75, 3.05) is 20.8 Å². The Morgan fingerprint density at radius 1 is 1.17 bits per heavy atom. The number of halogens is 2. The quantitative estimate of drug-likeness (QED) is 0.903. The normalized spacial score (nSPS) is 19.7. The maximum absolute atomic E-state index is 13.6. The molecule has 100 valence electrons. The topological polar surface area (TPSA) is 30.5 Å². The van der Waals surface area contributed by atoms with Gasteiger partial charge in [0.25, 0.3) is 0 Å². The third kappa shape index (κ3) is 2.27. The van der Waals surface area contributed by atoms with E-state index >= 15 is 0 Å². The summed E-state index contributed by atoms with van der Waals surface area (Å²) in [6.07, 6.45) is 3.03. The molecule has 1 atom stereocenters. The molecule has 1 unspecified atom stereocenters. The van der Waals surface area contributed by atoms with Gasteiger partial charge in [0, 0.05) is 11.6 Å². The zero-order chi connectivity index (χ0) is 13.1. The maximum atomic E-state index is 13.6. The first-order valence-corrected chi connectivity index (χ1v) is 6.02. The Morgan fingerprint density at radius 2 is 1.89 bits per heavy atom. The molecule has 0 saturated carbocycles. The first-order valence-electron chi connectivity index (χ1n) is 6.02. The second kappa shape index (κ2) is 5.52. The number of hydrogen-bond acceptors (Lipinski definition) is 3. The second-order valence-corrected chi connectivity index (χ2v) is 4.33. The minimum absolute atomic E-state index is 0.0160. The first kappa shape index (κ1) is 13.1.